The highest BCUT2D eigenvalue weighted by Crippen LogP contribution is 2.07. The van der Waals surface area contributed by atoms with Crippen LogP contribution in [-0.2, 0) is 17.9 Å². The molecule has 3 rings (SSSR count). The molecular formula is C20H20N4O4. The highest BCUT2D eigenvalue weighted by Gasteiger charge is 2.09. The number of carbonyl (C=O) groups excluding carboxylic acids is 2. The van der Waals surface area contributed by atoms with Crippen LogP contribution in [0.15, 0.2) is 58.1 Å². The Morgan fingerprint density at radius 3 is 2.46 bits per heavy atom. The Morgan fingerprint density at radius 1 is 1.04 bits per heavy atom. The number of nitrogens with one attached hydrogen (secondary N) is 3. The van der Waals surface area contributed by atoms with E-state index in [0.29, 0.717) is 23.0 Å². The fourth-order valence-electron chi connectivity index (χ4n) is 2.89. The van der Waals surface area contributed by atoms with Crippen molar-refractivity contribution in [1.82, 2.24) is 20.2 Å². The first-order chi connectivity index (χ1) is 13.5. The number of carbonyl (C=O) groups is 2. The number of benzene rings is 2. The van der Waals surface area contributed by atoms with Gasteiger partial charge in [0.05, 0.1) is 10.9 Å². The van der Waals surface area contributed by atoms with Gasteiger partial charge in [0.15, 0.2) is 0 Å². The Morgan fingerprint density at radius 2 is 1.75 bits per heavy atom. The lowest BCUT2D eigenvalue weighted by molar-refractivity contribution is -0.121. The van der Waals surface area contributed by atoms with Gasteiger partial charge >= 0.3 is 5.69 Å². The van der Waals surface area contributed by atoms with E-state index in [2.05, 4.69) is 15.6 Å². The number of aromatic amines is 1. The van der Waals surface area contributed by atoms with Crippen molar-refractivity contribution in [3.8, 4) is 0 Å². The molecule has 8 heteroatoms. The molecule has 0 aliphatic heterocycles. The minimum Gasteiger partial charge on any atom is -0.355 e. The van der Waals surface area contributed by atoms with Gasteiger partial charge in [0.25, 0.3) is 11.5 Å². The largest absolute Gasteiger partial charge is 0.355 e. The van der Waals surface area contributed by atoms with Crippen LogP contribution < -0.4 is 21.9 Å². The lowest BCUT2D eigenvalue weighted by atomic mass is 10.1. The van der Waals surface area contributed by atoms with E-state index in [1.165, 1.54) is 4.57 Å². The van der Waals surface area contributed by atoms with E-state index in [1.807, 2.05) is 0 Å². The van der Waals surface area contributed by atoms with Gasteiger partial charge in [-0.1, -0.05) is 24.3 Å². The average molecular weight is 380 g/mol. The zero-order valence-electron chi connectivity index (χ0n) is 15.3. The molecule has 0 unspecified atom stereocenters. The zero-order valence-corrected chi connectivity index (χ0v) is 15.3. The molecular weight excluding hydrogens is 360 g/mol. The van der Waals surface area contributed by atoms with Gasteiger partial charge in [0, 0.05) is 32.1 Å². The van der Waals surface area contributed by atoms with E-state index in [9.17, 15) is 19.2 Å². The van der Waals surface area contributed by atoms with Crippen molar-refractivity contribution >= 4 is 22.7 Å². The van der Waals surface area contributed by atoms with Crippen LogP contribution in [0.5, 0.6) is 0 Å². The lowest BCUT2D eigenvalue weighted by Gasteiger charge is -2.10. The molecule has 144 valence electrons. The van der Waals surface area contributed by atoms with Crippen LogP contribution in [0.25, 0.3) is 10.9 Å². The van der Waals surface area contributed by atoms with Crippen LogP contribution in [0, 0.1) is 0 Å². The molecule has 8 nitrogen and oxygen atoms in total. The second-order valence-corrected chi connectivity index (χ2v) is 6.23. The van der Waals surface area contributed by atoms with E-state index >= 15 is 0 Å². The molecule has 28 heavy (non-hydrogen) atoms. The van der Waals surface area contributed by atoms with Crippen LogP contribution >= 0.6 is 0 Å². The van der Waals surface area contributed by atoms with E-state index in [1.54, 1.807) is 55.6 Å². The minimum atomic E-state index is -0.540. The first-order valence-corrected chi connectivity index (χ1v) is 8.79. The standard InChI is InChI=1S/C20H20N4O4/c1-21-18(26)14-8-6-13(7-9-14)12-22-17(25)10-11-24-16-5-3-2-4-15(16)19(27)23-20(24)28/h2-9H,10-12H2,1H3,(H,21,26)(H,22,25)(H,23,27,28). The number of para-hydroxylation sites is 1. The summed E-state index contributed by atoms with van der Waals surface area (Å²) in [6, 6.07) is 13.7. The van der Waals surface area contributed by atoms with Crippen LogP contribution in [0.1, 0.15) is 22.3 Å². The monoisotopic (exact) mass is 380 g/mol. The molecule has 0 saturated carbocycles. The van der Waals surface area contributed by atoms with Gasteiger partial charge in [-0.2, -0.15) is 0 Å². The third-order valence-corrected chi connectivity index (χ3v) is 4.40. The number of fused-ring (bicyclic) bond motifs is 1. The number of rotatable bonds is 6. The van der Waals surface area contributed by atoms with Crippen molar-refractivity contribution < 1.29 is 9.59 Å². The third kappa shape index (κ3) is 4.17. The molecule has 2 aromatic carbocycles. The highest BCUT2D eigenvalue weighted by molar-refractivity contribution is 5.93. The molecule has 3 aromatic rings. The van der Waals surface area contributed by atoms with Gasteiger partial charge in [-0.3, -0.25) is 23.9 Å². The number of aromatic nitrogens is 2. The fourth-order valence-corrected chi connectivity index (χ4v) is 2.89. The molecule has 0 fully saturated rings. The number of hydrogen-bond acceptors (Lipinski definition) is 4. The highest BCUT2D eigenvalue weighted by atomic mass is 16.2. The van der Waals surface area contributed by atoms with Gasteiger partial charge in [-0.25, -0.2) is 4.79 Å². The van der Waals surface area contributed by atoms with Crippen molar-refractivity contribution in [2.45, 2.75) is 19.5 Å². The molecule has 2 amide bonds. The predicted molar refractivity (Wildman–Crippen MR) is 105 cm³/mol. The van der Waals surface area contributed by atoms with Gasteiger partial charge in [0.1, 0.15) is 0 Å². The number of aryl methyl sites for hydroxylation is 1. The van der Waals surface area contributed by atoms with Gasteiger partial charge < -0.3 is 10.6 Å². The molecule has 0 atom stereocenters. The lowest BCUT2D eigenvalue weighted by Crippen LogP contribution is -2.32. The maximum atomic E-state index is 12.2. The van der Waals surface area contributed by atoms with Crippen LogP contribution in [-0.4, -0.2) is 28.4 Å². The second kappa shape index (κ2) is 8.34. The van der Waals surface area contributed by atoms with Crippen molar-refractivity contribution in [1.29, 1.82) is 0 Å². The quantitative estimate of drug-likeness (QED) is 0.586. The Bertz CT molecular complexity index is 1130. The van der Waals surface area contributed by atoms with Gasteiger partial charge in [0.2, 0.25) is 5.91 Å². The minimum absolute atomic E-state index is 0.0896. The van der Waals surface area contributed by atoms with Gasteiger partial charge in [-0.15, -0.1) is 0 Å². The predicted octanol–water partition coefficient (Wildman–Crippen LogP) is 0.756. The molecule has 1 aromatic heterocycles. The maximum absolute atomic E-state index is 12.2. The summed E-state index contributed by atoms with van der Waals surface area (Å²) in [5.41, 5.74) is 0.909. The molecule has 0 aliphatic carbocycles. The summed E-state index contributed by atoms with van der Waals surface area (Å²) in [4.78, 5) is 49.9. The molecule has 0 bridgehead atoms. The summed E-state index contributed by atoms with van der Waals surface area (Å²) in [6.45, 7) is 0.464. The molecule has 3 N–H and O–H groups in total. The topological polar surface area (TPSA) is 113 Å². The van der Waals surface area contributed by atoms with E-state index in [-0.39, 0.29) is 24.8 Å². The number of amides is 2. The van der Waals surface area contributed by atoms with Crippen LogP contribution in [0.4, 0.5) is 0 Å². The third-order valence-electron chi connectivity index (χ3n) is 4.40. The molecule has 0 aliphatic rings. The number of hydrogen-bond donors (Lipinski definition) is 3. The first kappa shape index (κ1) is 19.1. The Hall–Kier alpha value is -3.68. The van der Waals surface area contributed by atoms with Crippen molar-refractivity contribution in [3.63, 3.8) is 0 Å². The summed E-state index contributed by atoms with van der Waals surface area (Å²) in [6.07, 6.45) is 0.0896. The SMILES string of the molecule is CNC(=O)c1ccc(CNC(=O)CCn2c(=O)[nH]c(=O)c3ccccc32)cc1. The normalized spacial score (nSPS) is 10.6. The number of nitrogens with zero attached hydrogens (tertiary/aromatic N) is 1. The second-order valence-electron chi connectivity index (χ2n) is 6.23. The van der Waals surface area contributed by atoms with Crippen molar-refractivity contribution in [2.24, 2.45) is 0 Å². The van der Waals surface area contributed by atoms with Crippen LogP contribution in [0.2, 0.25) is 0 Å². The molecule has 0 radical (unpaired) electrons. The maximum Gasteiger partial charge on any atom is 0.328 e. The van der Waals surface area contributed by atoms with E-state index in [4.69, 9.17) is 0 Å². The first-order valence-electron chi connectivity index (χ1n) is 8.79. The van der Waals surface area contributed by atoms with Crippen LogP contribution in [0.3, 0.4) is 0 Å². The van der Waals surface area contributed by atoms with E-state index < -0.39 is 11.2 Å². The summed E-state index contributed by atoms with van der Waals surface area (Å²) >= 11 is 0. The molecule has 1 heterocycles. The van der Waals surface area contributed by atoms with Crippen molar-refractivity contribution in [3.05, 3.63) is 80.5 Å². The summed E-state index contributed by atoms with van der Waals surface area (Å²) in [7, 11) is 1.56. The average Bonchev–Trinajstić information content (AvgIpc) is 2.72. The Kier molecular flexibility index (Phi) is 5.69. The smallest absolute Gasteiger partial charge is 0.328 e. The Balaban J connectivity index is 1.62. The summed E-state index contributed by atoms with van der Waals surface area (Å²) in [5.74, 6) is -0.397. The zero-order chi connectivity index (χ0) is 20.1. The summed E-state index contributed by atoms with van der Waals surface area (Å²) < 4.78 is 1.38. The van der Waals surface area contributed by atoms with Gasteiger partial charge in [-0.05, 0) is 29.8 Å². The Labute approximate surface area is 160 Å². The fraction of sp³-hybridized carbons (Fsp3) is 0.200. The number of H-pyrrole nitrogens is 1. The van der Waals surface area contributed by atoms with E-state index in [0.717, 1.165) is 5.56 Å². The summed E-state index contributed by atoms with van der Waals surface area (Å²) in [5, 5.41) is 5.73. The molecule has 0 spiro atoms. The van der Waals surface area contributed by atoms with Crippen molar-refractivity contribution in [2.75, 3.05) is 7.05 Å². The molecule has 0 saturated heterocycles.